The van der Waals surface area contributed by atoms with E-state index in [1.54, 1.807) is 19.2 Å². The molecule has 0 atom stereocenters. The number of nitrogens with one attached hydrogen (secondary N) is 2. The van der Waals surface area contributed by atoms with Gasteiger partial charge in [-0.15, -0.1) is 0 Å². The molecule has 0 fully saturated rings. The minimum atomic E-state index is -0.121. The molecule has 2 N–H and O–H groups in total. The highest BCUT2D eigenvalue weighted by molar-refractivity contribution is 6.31. The number of rotatable bonds is 8. The quantitative estimate of drug-likeness (QED) is 0.719. The van der Waals surface area contributed by atoms with Crippen molar-refractivity contribution >= 4 is 23.2 Å². The van der Waals surface area contributed by atoms with Crippen LogP contribution in [0.3, 0.4) is 0 Å². The third-order valence-electron chi connectivity index (χ3n) is 3.37. The van der Waals surface area contributed by atoms with E-state index in [0.717, 1.165) is 22.7 Å². The van der Waals surface area contributed by atoms with Crippen molar-refractivity contribution < 1.29 is 14.3 Å². The van der Waals surface area contributed by atoms with Crippen LogP contribution in [-0.4, -0.2) is 32.7 Å². The van der Waals surface area contributed by atoms with E-state index in [1.165, 1.54) is 0 Å². The Morgan fingerprint density at radius 2 is 1.83 bits per heavy atom. The van der Waals surface area contributed by atoms with Gasteiger partial charge in [-0.3, -0.25) is 4.79 Å². The lowest BCUT2D eigenvalue weighted by molar-refractivity contribution is -0.115. The summed E-state index contributed by atoms with van der Waals surface area (Å²) in [6.45, 7) is 3.16. The molecule has 0 heterocycles. The van der Waals surface area contributed by atoms with E-state index in [9.17, 15) is 4.79 Å². The Labute approximate surface area is 146 Å². The van der Waals surface area contributed by atoms with Crippen molar-refractivity contribution in [3.05, 3.63) is 53.1 Å². The normalized spacial score (nSPS) is 10.3. The molecule has 0 unspecified atom stereocenters. The van der Waals surface area contributed by atoms with Gasteiger partial charge >= 0.3 is 0 Å². The molecule has 0 bridgehead atoms. The van der Waals surface area contributed by atoms with Gasteiger partial charge in [-0.05, 0) is 48.9 Å². The van der Waals surface area contributed by atoms with Crippen molar-refractivity contribution in [2.45, 2.75) is 6.92 Å². The molecular formula is C18H21ClN2O3. The zero-order chi connectivity index (χ0) is 17.4. The number of carbonyl (C=O) groups is 1. The first kappa shape index (κ1) is 18.1. The van der Waals surface area contributed by atoms with E-state index >= 15 is 0 Å². The number of carbonyl (C=O) groups excluding carboxylic acids is 1. The highest BCUT2D eigenvalue weighted by Gasteiger charge is 2.05. The fraction of sp³-hybridized carbons (Fsp3) is 0.278. The number of hydrogen-bond donors (Lipinski definition) is 2. The van der Waals surface area contributed by atoms with Crippen molar-refractivity contribution in [2.75, 3.05) is 32.1 Å². The van der Waals surface area contributed by atoms with Crippen LogP contribution in [0.5, 0.6) is 11.5 Å². The second-order valence-electron chi connectivity index (χ2n) is 5.21. The molecule has 2 rings (SSSR count). The molecule has 0 radical (unpaired) electrons. The van der Waals surface area contributed by atoms with Crippen molar-refractivity contribution in [2.24, 2.45) is 0 Å². The second-order valence-corrected chi connectivity index (χ2v) is 5.64. The standard InChI is InChI=1S/C18H21ClN2O3/c1-13-3-4-14(19)11-17(13)21-18(22)12-20-9-10-24-16-7-5-15(23-2)6-8-16/h3-8,11,20H,9-10,12H2,1-2H3,(H,21,22). The Morgan fingerprint density at radius 1 is 1.12 bits per heavy atom. The Bertz CT molecular complexity index is 674. The lowest BCUT2D eigenvalue weighted by atomic mass is 10.2. The lowest BCUT2D eigenvalue weighted by Gasteiger charge is -2.10. The summed E-state index contributed by atoms with van der Waals surface area (Å²) in [5.74, 6) is 1.43. The highest BCUT2D eigenvalue weighted by atomic mass is 35.5. The van der Waals surface area contributed by atoms with E-state index < -0.39 is 0 Å². The van der Waals surface area contributed by atoms with Gasteiger partial charge in [0.1, 0.15) is 18.1 Å². The van der Waals surface area contributed by atoms with Crippen LogP contribution in [0.4, 0.5) is 5.69 Å². The molecular weight excluding hydrogens is 328 g/mol. The zero-order valence-electron chi connectivity index (χ0n) is 13.8. The minimum Gasteiger partial charge on any atom is -0.497 e. The highest BCUT2D eigenvalue weighted by Crippen LogP contribution is 2.20. The van der Waals surface area contributed by atoms with Gasteiger partial charge in [-0.25, -0.2) is 0 Å². The van der Waals surface area contributed by atoms with Gasteiger partial charge in [0.25, 0.3) is 0 Å². The molecule has 24 heavy (non-hydrogen) atoms. The van der Waals surface area contributed by atoms with Crippen LogP contribution in [0, 0.1) is 6.92 Å². The maximum Gasteiger partial charge on any atom is 0.238 e. The van der Waals surface area contributed by atoms with Crippen LogP contribution in [-0.2, 0) is 4.79 Å². The van der Waals surface area contributed by atoms with Crippen molar-refractivity contribution in [1.29, 1.82) is 0 Å². The molecule has 0 aliphatic heterocycles. The maximum atomic E-state index is 11.9. The fourth-order valence-corrected chi connectivity index (χ4v) is 2.21. The van der Waals surface area contributed by atoms with Gasteiger partial charge in [0.15, 0.2) is 0 Å². The van der Waals surface area contributed by atoms with Crippen molar-refractivity contribution in [3.8, 4) is 11.5 Å². The predicted octanol–water partition coefficient (Wildman–Crippen LogP) is 3.26. The smallest absolute Gasteiger partial charge is 0.238 e. The molecule has 2 aromatic rings. The Balaban J connectivity index is 1.66. The molecule has 2 aromatic carbocycles. The number of aryl methyl sites for hydroxylation is 1. The van der Waals surface area contributed by atoms with Crippen LogP contribution in [0.25, 0.3) is 0 Å². The summed E-state index contributed by atoms with van der Waals surface area (Å²) in [6.07, 6.45) is 0. The number of halogens is 1. The monoisotopic (exact) mass is 348 g/mol. The molecule has 0 spiro atoms. The summed E-state index contributed by atoms with van der Waals surface area (Å²) in [4.78, 5) is 11.9. The summed E-state index contributed by atoms with van der Waals surface area (Å²) in [7, 11) is 1.62. The summed E-state index contributed by atoms with van der Waals surface area (Å²) in [5.41, 5.74) is 1.69. The molecule has 0 aliphatic carbocycles. The van der Waals surface area contributed by atoms with Crippen LogP contribution in [0.2, 0.25) is 5.02 Å². The van der Waals surface area contributed by atoms with Gasteiger partial charge in [0.05, 0.1) is 13.7 Å². The van der Waals surface area contributed by atoms with E-state index in [2.05, 4.69) is 10.6 Å². The summed E-state index contributed by atoms with van der Waals surface area (Å²) in [5, 5.41) is 6.46. The van der Waals surface area contributed by atoms with Gasteiger partial charge < -0.3 is 20.1 Å². The molecule has 1 amide bonds. The largest absolute Gasteiger partial charge is 0.497 e. The van der Waals surface area contributed by atoms with Gasteiger partial charge in [-0.2, -0.15) is 0 Å². The SMILES string of the molecule is COc1ccc(OCCNCC(=O)Nc2cc(Cl)ccc2C)cc1. The summed E-state index contributed by atoms with van der Waals surface area (Å²) < 4.78 is 10.7. The van der Waals surface area contributed by atoms with E-state index in [0.29, 0.717) is 18.2 Å². The predicted molar refractivity (Wildman–Crippen MR) is 96.2 cm³/mol. The molecule has 0 saturated heterocycles. The van der Waals surface area contributed by atoms with Crippen LogP contribution >= 0.6 is 11.6 Å². The Morgan fingerprint density at radius 3 is 2.54 bits per heavy atom. The number of ether oxygens (including phenoxy) is 2. The van der Waals surface area contributed by atoms with Crippen molar-refractivity contribution in [1.82, 2.24) is 5.32 Å². The first-order valence-electron chi connectivity index (χ1n) is 7.62. The number of hydrogen-bond acceptors (Lipinski definition) is 4. The molecule has 128 valence electrons. The van der Waals surface area contributed by atoms with Crippen molar-refractivity contribution in [3.63, 3.8) is 0 Å². The third kappa shape index (κ3) is 5.76. The Hall–Kier alpha value is -2.24. The average Bonchev–Trinajstić information content (AvgIpc) is 2.58. The van der Waals surface area contributed by atoms with Gasteiger partial charge in [0.2, 0.25) is 5.91 Å². The average molecular weight is 349 g/mol. The first-order chi connectivity index (χ1) is 11.6. The van der Waals surface area contributed by atoms with E-state index in [4.69, 9.17) is 21.1 Å². The summed E-state index contributed by atoms with van der Waals surface area (Å²) in [6, 6.07) is 12.8. The number of anilines is 1. The lowest BCUT2D eigenvalue weighted by Crippen LogP contribution is -2.31. The van der Waals surface area contributed by atoms with E-state index in [1.807, 2.05) is 37.3 Å². The molecule has 5 nitrogen and oxygen atoms in total. The number of methoxy groups -OCH3 is 1. The van der Waals surface area contributed by atoms with Crippen LogP contribution in [0.15, 0.2) is 42.5 Å². The zero-order valence-corrected chi connectivity index (χ0v) is 14.5. The molecule has 0 aliphatic rings. The van der Waals surface area contributed by atoms with Gasteiger partial charge in [0, 0.05) is 17.3 Å². The van der Waals surface area contributed by atoms with Crippen LogP contribution < -0.4 is 20.1 Å². The topological polar surface area (TPSA) is 59.6 Å². The Kier molecular flexibility index (Phi) is 6.90. The van der Waals surface area contributed by atoms with Crippen LogP contribution in [0.1, 0.15) is 5.56 Å². The van der Waals surface area contributed by atoms with E-state index in [-0.39, 0.29) is 12.5 Å². The third-order valence-corrected chi connectivity index (χ3v) is 3.60. The molecule has 0 aromatic heterocycles. The number of amides is 1. The fourth-order valence-electron chi connectivity index (χ4n) is 2.04. The molecule has 6 heteroatoms. The first-order valence-corrected chi connectivity index (χ1v) is 8.00. The second kappa shape index (κ2) is 9.15. The summed E-state index contributed by atoms with van der Waals surface area (Å²) >= 11 is 5.93. The van der Waals surface area contributed by atoms with Gasteiger partial charge in [-0.1, -0.05) is 17.7 Å². The minimum absolute atomic E-state index is 0.121. The molecule has 0 saturated carbocycles. The maximum absolute atomic E-state index is 11.9. The number of benzene rings is 2.